The fourth-order valence-corrected chi connectivity index (χ4v) is 2.78. The van der Waals surface area contributed by atoms with Gasteiger partial charge in [-0.1, -0.05) is 0 Å². The number of rotatable bonds is 5. The summed E-state index contributed by atoms with van der Waals surface area (Å²) in [6.45, 7) is 1.77. The molecule has 0 spiro atoms. The van der Waals surface area contributed by atoms with Crippen molar-refractivity contribution >= 4 is 12.3 Å². The Morgan fingerprint density at radius 1 is 1.15 bits per heavy atom. The Bertz CT molecular complexity index is 630. The second-order valence-electron chi connectivity index (χ2n) is 6.48. The number of hydrogen-bond acceptors (Lipinski definition) is 2. The molecule has 0 saturated carbocycles. The average Bonchev–Trinajstić information content (AvgIpc) is 2.58. The summed E-state index contributed by atoms with van der Waals surface area (Å²) in [5.41, 5.74) is -2.61. The van der Waals surface area contributed by atoms with Crippen molar-refractivity contribution in [2.45, 2.75) is 31.9 Å². The summed E-state index contributed by atoms with van der Waals surface area (Å²) in [6.07, 6.45) is -2.79. The molecule has 0 bridgehead atoms. The van der Waals surface area contributed by atoms with E-state index in [0.717, 1.165) is 12.5 Å². The van der Waals surface area contributed by atoms with Crippen molar-refractivity contribution in [1.82, 2.24) is 10.2 Å². The topological polar surface area (TPSA) is 49.4 Å². The monoisotopic (exact) mass is 378 g/mol. The highest BCUT2D eigenvalue weighted by molar-refractivity contribution is 5.94. The number of amides is 2. The SMILES string of the molecule is CC(F)(F)c1cc(C(=O)NCC2CCN(C=O)CC2)cc(C(F)(F)F)c1. The largest absolute Gasteiger partial charge is 0.416 e. The molecule has 0 atom stereocenters. The lowest BCUT2D eigenvalue weighted by atomic mass is 9.96. The first-order valence-electron chi connectivity index (χ1n) is 8.09. The molecular formula is C17H19F5N2O2. The van der Waals surface area contributed by atoms with E-state index in [0.29, 0.717) is 45.0 Å². The molecule has 26 heavy (non-hydrogen) atoms. The van der Waals surface area contributed by atoms with Gasteiger partial charge in [0.1, 0.15) is 0 Å². The molecule has 1 fully saturated rings. The van der Waals surface area contributed by atoms with Crippen LogP contribution >= 0.6 is 0 Å². The van der Waals surface area contributed by atoms with Crippen molar-refractivity contribution in [2.75, 3.05) is 19.6 Å². The smallest absolute Gasteiger partial charge is 0.352 e. The molecule has 2 rings (SSSR count). The van der Waals surface area contributed by atoms with Gasteiger partial charge >= 0.3 is 6.18 Å². The van der Waals surface area contributed by atoms with Crippen LogP contribution in [0.1, 0.15) is 41.3 Å². The van der Waals surface area contributed by atoms with Crippen molar-refractivity contribution in [1.29, 1.82) is 0 Å². The number of hydrogen-bond donors (Lipinski definition) is 1. The second kappa shape index (κ2) is 7.59. The van der Waals surface area contributed by atoms with E-state index in [1.165, 1.54) is 0 Å². The lowest BCUT2D eigenvalue weighted by molar-refractivity contribution is -0.137. The molecule has 2 amide bonds. The Labute approximate surface area is 147 Å². The van der Waals surface area contributed by atoms with Gasteiger partial charge in [-0.25, -0.2) is 8.78 Å². The first-order chi connectivity index (χ1) is 12.0. The van der Waals surface area contributed by atoms with Gasteiger partial charge in [0.15, 0.2) is 0 Å². The fraction of sp³-hybridized carbons (Fsp3) is 0.529. The first-order valence-corrected chi connectivity index (χ1v) is 8.09. The number of carbonyl (C=O) groups excluding carboxylic acids is 2. The molecule has 0 radical (unpaired) electrons. The second-order valence-corrected chi connectivity index (χ2v) is 6.48. The summed E-state index contributed by atoms with van der Waals surface area (Å²) >= 11 is 0. The zero-order valence-electron chi connectivity index (χ0n) is 14.1. The van der Waals surface area contributed by atoms with Gasteiger partial charge < -0.3 is 10.2 Å². The maximum Gasteiger partial charge on any atom is 0.416 e. The van der Waals surface area contributed by atoms with Gasteiger partial charge in [-0.2, -0.15) is 13.2 Å². The number of likely N-dealkylation sites (tertiary alicyclic amines) is 1. The molecular weight excluding hydrogens is 359 g/mol. The molecule has 1 aromatic carbocycles. The minimum atomic E-state index is -4.84. The molecule has 9 heteroatoms. The van der Waals surface area contributed by atoms with Crippen molar-refractivity contribution in [3.63, 3.8) is 0 Å². The van der Waals surface area contributed by atoms with Crippen LogP contribution in [0.4, 0.5) is 22.0 Å². The Balaban J connectivity index is 2.11. The van der Waals surface area contributed by atoms with Gasteiger partial charge in [0.2, 0.25) is 6.41 Å². The van der Waals surface area contributed by atoms with E-state index in [4.69, 9.17) is 0 Å². The summed E-state index contributed by atoms with van der Waals surface area (Å²) in [6, 6.07) is 1.70. The molecule has 144 valence electrons. The van der Waals surface area contributed by atoms with Crippen LogP contribution in [0.2, 0.25) is 0 Å². The molecule has 1 aromatic rings. The lowest BCUT2D eigenvalue weighted by Crippen LogP contribution is -2.38. The maximum absolute atomic E-state index is 13.5. The van der Waals surface area contributed by atoms with Gasteiger partial charge in [0, 0.05) is 37.7 Å². The molecule has 1 heterocycles. The first kappa shape index (κ1) is 20.1. The summed E-state index contributed by atoms with van der Waals surface area (Å²) in [5.74, 6) is -4.26. The molecule has 1 saturated heterocycles. The van der Waals surface area contributed by atoms with E-state index in [1.54, 1.807) is 4.90 Å². The Kier molecular flexibility index (Phi) is 5.87. The Morgan fingerprint density at radius 2 is 1.73 bits per heavy atom. The highest BCUT2D eigenvalue weighted by Gasteiger charge is 2.35. The van der Waals surface area contributed by atoms with E-state index in [9.17, 15) is 31.5 Å². The number of halogens is 5. The molecule has 1 aliphatic rings. The van der Waals surface area contributed by atoms with E-state index >= 15 is 0 Å². The number of alkyl halides is 5. The predicted octanol–water partition coefficient (Wildman–Crippen LogP) is 3.42. The Hall–Kier alpha value is -2.19. The van der Waals surface area contributed by atoms with Crippen LogP contribution in [-0.2, 0) is 16.9 Å². The van der Waals surface area contributed by atoms with E-state index in [1.807, 2.05) is 0 Å². The van der Waals surface area contributed by atoms with Gasteiger partial charge in [0.25, 0.3) is 11.8 Å². The molecule has 1 N–H and O–H groups in total. The van der Waals surface area contributed by atoms with Crippen LogP contribution < -0.4 is 5.32 Å². The standard InChI is InChI=1S/C17H19F5N2O2/c1-16(18,19)13-6-12(7-14(8-13)17(20,21)22)15(26)23-9-11-2-4-24(10-25)5-3-11/h6-8,10-11H,2-5,9H2,1H3,(H,23,26). The van der Waals surface area contributed by atoms with Gasteiger partial charge in [-0.3, -0.25) is 9.59 Å². The number of carbonyl (C=O) groups is 2. The van der Waals surface area contributed by atoms with Crippen molar-refractivity contribution in [3.05, 3.63) is 34.9 Å². The molecule has 0 unspecified atom stereocenters. The van der Waals surface area contributed by atoms with Gasteiger partial charge in [0.05, 0.1) is 5.56 Å². The van der Waals surface area contributed by atoms with Crippen LogP contribution in [0.5, 0.6) is 0 Å². The van der Waals surface area contributed by atoms with E-state index < -0.39 is 34.7 Å². The molecule has 0 aromatic heterocycles. The summed E-state index contributed by atoms with van der Waals surface area (Å²) in [5, 5.41) is 2.50. The van der Waals surface area contributed by atoms with Crippen LogP contribution in [0.25, 0.3) is 0 Å². The Morgan fingerprint density at radius 3 is 2.23 bits per heavy atom. The minimum absolute atomic E-state index is 0.0769. The summed E-state index contributed by atoms with van der Waals surface area (Å²) in [4.78, 5) is 24.4. The van der Waals surface area contributed by atoms with Crippen molar-refractivity contribution in [2.24, 2.45) is 5.92 Å². The fourth-order valence-electron chi connectivity index (χ4n) is 2.78. The highest BCUT2D eigenvalue weighted by atomic mass is 19.4. The molecule has 1 aliphatic heterocycles. The summed E-state index contributed by atoms with van der Waals surface area (Å²) in [7, 11) is 0. The summed E-state index contributed by atoms with van der Waals surface area (Å²) < 4.78 is 65.8. The average molecular weight is 378 g/mol. The zero-order valence-corrected chi connectivity index (χ0v) is 14.1. The van der Waals surface area contributed by atoms with E-state index in [-0.39, 0.29) is 12.5 Å². The van der Waals surface area contributed by atoms with Crippen molar-refractivity contribution in [3.8, 4) is 0 Å². The third kappa shape index (κ3) is 5.15. The number of piperidine rings is 1. The van der Waals surface area contributed by atoms with Crippen molar-refractivity contribution < 1.29 is 31.5 Å². The highest BCUT2D eigenvalue weighted by Crippen LogP contribution is 2.35. The molecule has 0 aliphatic carbocycles. The maximum atomic E-state index is 13.5. The van der Waals surface area contributed by atoms with Gasteiger partial charge in [-0.15, -0.1) is 0 Å². The number of benzene rings is 1. The van der Waals surface area contributed by atoms with Gasteiger partial charge in [-0.05, 0) is 37.0 Å². The quantitative estimate of drug-likeness (QED) is 0.631. The van der Waals surface area contributed by atoms with Crippen LogP contribution in [0.3, 0.4) is 0 Å². The molecule has 4 nitrogen and oxygen atoms in total. The zero-order chi connectivity index (χ0) is 19.5. The lowest BCUT2D eigenvalue weighted by Gasteiger charge is -2.29. The normalized spacial score (nSPS) is 16.5. The third-order valence-electron chi connectivity index (χ3n) is 4.38. The number of nitrogens with zero attached hydrogens (tertiary/aromatic N) is 1. The predicted molar refractivity (Wildman–Crippen MR) is 83.7 cm³/mol. The minimum Gasteiger partial charge on any atom is -0.352 e. The van der Waals surface area contributed by atoms with E-state index in [2.05, 4.69) is 5.32 Å². The number of nitrogens with one attached hydrogen (secondary N) is 1. The van der Waals surface area contributed by atoms with Crippen LogP contribution in [0.15, 0.2) is 18.2 Å². The third-order valence-corrected chi connectivity index (χ3v) is 4.38. The van der Waals surface area contributed by atoms with Crippen LogP contribution in [-0.4, -0.2) is 36.9 Å². The van der Waals surface area contributed by atoms with Crippen LogP contribution in [0, 0.1) is 5.92 Å².